The second kappa shape index (κ2) is 14.1. The molecule has 3 aliphatic rings. The van der Waals surface area contributed by atoms with Gasteiger partial charge in [0.2, 0.25) is 0 Å². The van der Waals surface area contributed by atoms with Gasteiger partial charge in [-0.05, 0) is 147 Å². The minimum absolute atomic E-state index is 0.179. The molecule has 0 N–H and O–H groups in total. The Hall–Kier alpha value is -8.26. The zero-order chi connectivity index (χ0) is 44.4. The Bertz CT molecular complexity index is 3770. The molecule has 0 aromatic heterocycles. The molecule has 0 saturated heterocycles. The van der Waals surface area contributed by atoms with Crippen LogP contribution >= 0.6 is 0 Å². The van der Waals surface area contributed by atoms with Crippen LogP contribution in [0.3, 0.4) is 0 Å². The van der Waals surface area contributed by atoms with Gasteiger partial charge in [0.15, 0.2) is 0 Å². The minimum atomic E-state index is -0.384. The number of hydrogen-bond donors (Lipinski definition) is 0. The van der Waals surface area contributed by atoms with Crippen molar-refractivity contribution in [2.75, 3.05) is 4.90 Å². The second-order valence-corrected chi connectivity index (χ2v) is 19.2. The third-order valence-corrected chi connectivity index (χ3v) is 15.4. The van der Waals surface area contributed by atoms with Crippen molar-refractivity contribution < 1.29 is 0 Å². The molecule has 0 heterocycles. The Labute approximate surface area is 391 Å². The smallest absolute Gasteiger partial charge is 0.0725 e. The summed E-state index contributed by atoms with van der Waals surface area (Å²) in [5.74, 6) is 0. The summed E-state index contributed by atoms with van der Waals surface area (Å²) in [4.78, 5) is 2.50. The Morgan fingerprint density at radius 1 is 0.313 bits per heavy atom. The lowest BCUT2D eigenvalue weighted by molar-refractivity contribution is 0.666. The molecule has 0 amide bonds. The fraction of sp³-hybridized carbons (Fsp3) is 0.0606. The van der Waals surface area contributed by atoms with E-state index in [-0.39, 0.29) is 10.8 Å². The van der Waals surface area contributed by atoms with Crippen molar-refractivity contribution in [2.45, 2.75) is 24.7 Å². The number of hydrogen-bond acceptors (Lipinski definition) is 1. The fourth-order valence-corrected chi connectivity index (χ4v) is 12.5. The van der Waals surface area contributed by atoms with Crippen LogP contribution in [-0.2, 0) is 10.8 Å². The van der Waals surface area contributed by atoms with Crippen LogP contribution in [0.5, 0.6) is 0 Å². The minimum Gasteiger partial charge on any atom is -0.310 e. The summed E-state index contributed by atoms with van der Waals surface area (Å²) in [6.07, 6.45) is 0. The highest BCUT2D eigenvalue weighted by Gasteiger charge is 2.51. The van der Waals surface area contributed by atoms with E-state index in [0.717, 1.165) is 11.4 Å². The molecule has 1 spiro atoms. The van der Waals surface area contributed by atoms with Gasteiger partial charge in [-0.2, -0.15) is 0 Å². The first kappa shape index (κ1) is 38.1. The summed E-state index contributed by atoms with van der Waals surface area (Å²) >= 11 is 0. The zero-order valence-electron chi connectivity index (χ0n) is 37.5. The van der Waals surface area contributed by atoms with Crippen molar-refractivity contribution in [1.29, 1.82) is 0 Å². The molecule has 14 rings (SSSR count). The molecule has 0 fully saturated rings. The number of anilines is 3. The first-order chi connectivity index (χ1) is 33.0. The summed E-state index contributed by atoms with van der Waals surface area (Å²) < 4.78 is 0. The lowest BCUT2D eigenvalue weighted by Crippen LogP contribution is -2.25. The lowest BCUT2D eigenvalue weighted by atomic mass is 9.70. The fourth-order valence-electron chi connectivity index (χ4n) is 12.5. The predicted molar refractivity (Wildman–Crippen MR) is 281 cm³/mol. The van der Waals surface area contributed by atoms with Crippen LogP contribution in [-0.4, -0.2) is 0 Å². The normalized spacial score (nSPS) is 14.1. The van der Waals surface area contributed by atoms with Crippen LogP contribution in [0.2, 0.25) is 0 Å². The topological polar surface area (TPSA) is 3.24 Å². The molecule has 0 unspecified atom stereocenters. The Morgan fingerprint density at radius 2 is 0.761 bits per heavy atom. The molecule has 1 nitrogen and oxygen atoms in total. The van der Waals surface area contributed by atoms with Gasteiger partial charge in [-0.1, -0.05) is 208 Å². The van der Waals surface area contributed by atoms with Crippen molar-refractivity contribution in [2.24, 2.45) is 0 Å². The predicted octanol–water partition coefficient (Wildman–Crippen LogP) is 17.4. The Balaban J connectivity index is 0.941. The maximum atomic E-state index is 2.50. The van der Waals surface area contributed by atoms with Gasteiger partial charge in [-0.25, -0.2) is 0 Å². The Kier molecular flexibility index (Phi) is 8.02. The highest BCUT2D eigenvalue weighted by Crippen LogP contribution is 2.63. The van der Waals surface area contributed by atoms with E-state index >= 15 is 0 Å². The van der Waals surface area contributed by atoms with E-state index in [1.165, 1.54) is 116 Å². The SMILES string of the molecule is CC1(C)c2ccccc2-c2c(N(c3ccc(-c4ccc5c(c4)C4(c6ccccc6-c6ccccc64)c4ccccc4-5)cc3)c3ccc(-c4ccc5ccccc5c4)cc3)cc3ccccc3c21. The Morgan fingerprint density at radius 3 is 1.37 bits per heavy atom. The molecule has 0 atom stereocenters. The van der Waals surface area contributed by atoms with Crippen LogP contribution in [0.25, 0.3) is 77.2 Å². The van der Waals surface area contributed by atoms with Crippen molar-refractivity contribution in [1.82, 2.24) is 0 Å². The maximum absolute atomic E-state index is 2.50. The highest BCUT2D eigenvalue weighted by molar-refractivity contribution is 6.06. The van der Waals surface area contributed by atoms with E-state index in [4.69, 9.17) is 0 Å². The molecular weight excluding hydrogens is 807 g/mol. The summed E-state index contributed by atoms with van der Waals surface area (Å²) in [6.45, 7) is 4.79. The van der Waals surface area contributed by atoms with Crippen molar-refractivity contribution in [3.8, 4) is 55.6 Å². The number of nitrogens with zero attached hydrogens (tertiary/aromatic N) is 1. The van der Waals surface area contributed by atoms with Gasteiger partial charge in [0.25, 0.3) is 0 Å². The molecule has 0 saturated carbocycles. The molecule has 0 aliphatic heterocycles. The van der Waals surface area contributed by atoms with Crippen molar-refractivity contribution in [3.05, 3.63) is 270 Å². The molecule has 11 aromatic carbocycles. The standard InChI is InChI=1S/C66H45N/c1-65(2)57-23-11-10-22-56(57)63-62(41-48-17-5-6-18-51(48)64(63)65)67(49-34-29-43(30-35-49)46-28-27-42-15-3-4-16-45(42)39-46)50-36-31-44(32-37-50)47-33-38-55-54-21-9-14-26-60(54)66(61(55)40-47)58-24-12-7-19-52(58)53-20-8-13-25-59(53)66/h3-41H,1-2H3. The quantitative estimate of drug-likeness (QED) is 0.167. The molecule has 1 heteroatoms. The van der Waals surface area contributed by atoms with E-state index < -0.39 is 0 Å². The number of benzene rings is 11. The molecule has 11 aromatic rings. The van der Waals surface area contributed by atoms with E-state index in [1.54, 1.807) is 0 Å². The van der Waals surface area contributed by atoms with Gasteiger partial charge in [0.1, 0.15) is 0 Å². The van der Waals surface area contributed by atoms with E-state index in [2.05, 4.69) is 255 Å². The average molecular weight is 852 g/mol. The van der Waals surface area contributed by atoms with Crippen LogP contribution in [0.15, 0.2) is 237 Å². The largest absolute Gasteiger partial charge is 0.310 e. The molecule has 0 bridgehead atoms. The monoisotopic (exact) mass is 851 g/mol. The van der Waals surface area contributed by atoms with Crippen molar-refractivity contribution >= 4 is 38.6 Å². The number of rotatable bonds is 5. The van der Waals surface area contributed by atoms with Gasteiger partial charge in [0, 0.05) is 22.4 Å². The van der Waals surface area contributed by atoms with Gasteiger partial charge in [-0.3, -0.25) is 0 Å². The molecular formula is C66H45N. The summed E-state index contributed by atoms with van der Waals surface area (Å²) in [6, 6.07) is 88.7. The maximum Gasteiger partial charge on any atom is 0.0725 e. The van der Waals surface area contributed by atoms with Crippen LogP contribution in [0.4, 0.5) is 17.1 Å². The lowest BCUT2D eigenvalue weighted by Gasteiger charge is -2.31. The zero-order valence-corrected chi connectivity index (χ0v) is 37.5. The van der Waals surface area contributed by atoms with Crippen molar-refractivity contribution in [3.63, 3.8) is 0 Å². The molecule has 3 aliphatic carbocycles. The van der Waals surface area contributed by atoms with Gasteiger partial charge >= 0.3 is 0 Å². The van der Waals surface area contributed by atoms with E-state index in [1.807, 2.05) is 0 Å². The second-order valence-electron chi connectivity index (χ2n) is 19.2. The summed E-state index contributed by atoms with van der Waals surface area (Å²) in [5, 5.41) is 5.06. The van der Waals surface area contributed by atoms with Gasteiger partial charge in [-0.15, -0.1) is 0 Å². The summed E-state index contributed by atoms with van der Waals surface area (Å²) in [5.41, 5.74) is 23.8. The third kappa shape index (κ3) is 5.31. The first-order valence-electron chi connectivity index (χ1n) is 23.6. The summed E-state index contributed by atoms with van der Waals surface area (Å²) in [7, 11) is 0. The third-order valence-electron chi connectivity index (χ3n) is 15.4. The average Bonchev–Trinajstić information content (AvgIpc) is 3.95. The molecule has 67 heavy (non-hydrogen) atoms. The molecule has 314 valence electrons. The van der Waals surface area contributed by atoms with E-state index in [9.17, 15) is 0 Å². The molecule has 0 radical (unpaired) electrons. The highest BCUT2D eigenvalue weighted by atomic mass is 15.1. The van der Waals surface area contributed by atoms with Gasteiger partial charge in [0.05, 0.1) is 11.1 Å². The van der Waals surface area contributed by atoms with Crippen LogP contribution < -0.4 is 4.90 Å². The number of fused-ring (bicyclic) bond motifs is 16. The van der Waals surface area contributed by atoms with E-state index in [0.29, 0.717) is 0 Å². The first-order valence-corrected chi connectivity index (χ1v) is 23.6. The van der Waals surface area contributed by atoms with Crippen LogP contribution in [0, 0.1) is 0 Å². The van der Waals surface area contributed by atoms with Gasteiger partial charge < -0.3 is 4.90 Å². The van der Waals surface area contributed by atoms with Crippen LogP contribution in [0.1, 0.15) is 47.2 Å².